The van der Waals surface area contributed by atoms with Crippen molar-refractivity contribution in [1.29, 1.82) is 0 Å². The second-order valence-electron chi connectivity index (χ2n) is 5.84. The van der Waals surface area contributed by atoms with Crippen LogP contribution in [0.25, 0.3) is 0 Å². The van der Waals surface area contributed by atoms with Gasteiger partial charge in [0.15, 0.2) is 0 Å². The van der Waals surface area contributed by atoms with Gasteiger partial charge in [-0.1, -0.05) is 11.6 Å². The number of likely N-dealkylation sites (tertiary alicyclic amines) is 1. The maximum absolute atomic E-state index is 6.25. The van der Waals surface area contributed by atoms with E-state index in [9.17, 15) is 0 Å². The Morgan fingerprint density at radius 3 is 2.91 bits per heavy atom. The Kier molecular flexibility index (Phi) is 4.47. The summed E-state index contributed by atoms with van der Waals surface area (Å²) in [6.45, 7) is 5.73. The molecular formula is C16H21ClN4O. The zero-order valence-corrected chi connectivity index (χ0v) is 13.9. The van der Waals surface area contributed by atoms with E-state index in [1.54, 1.807) is 19.5 Å². The third-order valence-corrected chi connectivity index (χ3v) is 4.73. The second-order valence-corrected chi connectivity index (χ2v) is 6.25. The largest absolute Gasteiger partial charge is 0.380 e. The molecule has 0 bridgehead atoms. The van der Waals surface area contributed by atoms with Crippen LogP contribution in [-0.2, 0) is 11.3 Å². The number of pyridine rings is 1. The SMILES string of the molecule is CO[C@@H]1C[C@@H](c2nc(C)c(C)[nH]2)N(Cc2ccncc2Cl)C1. The molecule has 1 saturated heterocycles. The number of hydrogen-bond donors (Lipinski definition) is 1. The van der Waals surface area contributed by atoms with Gasteiger partial charge in [0.1, 0.15) is 5.82 Å². The summed E-state index contributed by atoms with van der Waals surface area (Å²) in [4.78, 5) is 14.5. The fraction of sp³-hybridized carbons (Fsp3) is 0.500. The molecule has 5 nitrogen and oxygen atoms in total. The molecular weight excluding hydrogens is 300 g/mol. The van der Waals surface area contributed by atoms with Crippen molar-refractivity contribution in [2.75, 3.05) is 13.7 Å². The van der Waals surface area contributed by atoms with E-state index < -0.39 is 0 Å². The molecule has 0 spiro atoms. The van der Waals surface area contributed by atoms with Gasteiger partial charge in [0, 0.05) is 38.3 Å². The van der Waals surface area contributed by atoms with E-state index in [0.29, 0.717) is 5.02 Å². The number of H-pyrrole nitrogens is 1. The van der Waals surface area contributed by atoms with Gasteiger partial charge in [-0.2, -0.15) is 0 Å². The molecule has 3 rings (SSSR count). The number of rotatable bonds is 4. The Balaban J connectivity index is 1.85. The number of aryl methyl sites for hydroxylation is 2. The molecule has 2 atom stereocenters. The highest BCUT2D eigenvalue weighted by Gasteiger charge is 2.35. The average Bonchev–Trinajstić information content (AvgIpc) is 3.05. The molecule has 22 heavy (non-hydrogen) atoms. The van der Waals surface area contributed by atoms with E-state index in [1.807, 2.05) is 13.0 Å². The van der Waals surface area contributed by atoms with Gasteiger partial charge in [-0.15, -0.1) is 0 Å². The van der Waals surface area contributed by atoms with Crippen LogP contribution in [0.5, 0.6) is 0 Å². The summed E-state index contributed by atoms with van der Waals surface area (Å²) in [5.74, 6) is 1.01. The third kappa shape index (κ3) is 3.02. The lowest BCUT2D eigenvalue weighted by Crippen LogP contribution is -2.25. The first-order valence-electron chi connectivity index (χ1n) is 7.46. The minimum atomic E-state index is 0.219. The normalized spacial score (nSPS) is 22.4. The molecule has 0 aromatic carbocycles. The molecule has 1 aliphatic heterocycles. The first-order valence-corrected chi connectivity index (χ1v) is 7.84. The van der Waals surface area contributed by atoms with E-state index in [-0.39, 0.29) is 12.1 Å². The van der Waals surface area contributed by atoms with Crippen LogP contribution >= 0.6 is 11.6 Å². The Bertz CT molecular complexity index is 638. The van der Waals surface area contributed by atoms with Crippen LogP contribution in [-0.4, -0.2) is 39.6 Å². The van der Waals surface area contributed by atoms with Crippen molar-refractivity contribution in [1.82, 2.24) is 19.9 Å². The summed E-state index contributed by atoms with van der Waals surface area (Å²) >= 11 is 6.25. The lowest BCUT2D eigenvalue weighted by atomic mass is 10.1. The Hall–Kier alpha value is -1.43. The average molecular weight is 321 g/mol. The van der Waals surface area contributed by atoms with Gasteiger partial charge in [0.2, 0.25) is 0 Å². The van der Waals surface area contributed by atoms with Gasteiger partial charge in [-0.3, -0.25) is 9.88 Å². The predicted octanol–water partition coefficient (Wildman–Crippen LogP) is 3.04. The number of nitrogens with one attached hydrogen (secondary N) is 1. The minimum absolute atomic E-state index is 0.219. The van der Waals surface area contributed by atoms with Crippen LogP contribution < -0.4 is 0 Å². The van der Waals surface area contributed by atoms with Crippen molar-refractivity contribution in [2.45, 2.75) is 39.0 Å². The molecule has 118 valence electrons. The number of aromatic nitrogens is 3. The molecule has 0 amide bonds. The number of imidazole rings is 1. The van der Waals surface area contributed by atoms with Gasteiger partial charge in [-0.05, 0) is 31.9 Å². The van der Waals surface area contributed by atoms with E-state index in [4.69, 9.17) is 16.3 Å². The lowest BCUT2D eigenvalue weighted by Gasteiger charge is -2.23. The molecule has 0 aliphatic carbocycles. The van der Waals surface area contributed by atoms with Crippen LogP contribution in [0, 0.1) is 13.8 Å². The number of methoxy groups -OCH3 is 1. The van der Waals surface area contributed by atoms with Gasteiger partial charge in [-0.25, -0.2) is 4.98 Å². The van der Waals surface area contributed by atoms with E-state index >= 15 is 0 Å². The van der Waals surface area contributed by atoms with Crippen LogP contribution in [0.1, 0.15) is 35.2 Å². The number of ether oxygens (including phenoxy) is 1. The van der Waals surface area contributed by atoms with Crippen LogP contribution in [0.2, 0.25) is 5.02 Å². The number of nitrogens with zero attached hydrogens (tertiary/aromatic N) is 3. The summed E-state index contributed by atoms with van der Waals surface area (Å²) in [6.07, 6.45) is 4.63. The van der Waals surface area contributed by atoms with Crippen LogP contribution in [0.3, 0.4) is 0 Å². The third-order valence-electron chi connectivity index (χ3n) is 4.39. The molecule has 1 fully saturated rings. The van der Waals surface area contributed by atoms with Crippen molar-refractivity contribution in [3.8, 4) is 0 Å². The van der Waals surface area contributed by atoms with E-state index in [0.717, 1.165) is 42.3 Å². The predicted molar refractivity (Wildman–Crippen MR) is 85.9 cm³/mol. The summed E-state index contributed by atoms with van der Waals surface area (Å²) in [5.41, 5.74) is 3.26. The second kappa shape index (κ2) is 6.36. The Morgan fingerprint density at radius 1 is 1.45 bits per heavy atom. The first kappa shape index (κ1) is 15.5. The smallest absolute Gasteiger partial charge is 0.124 e. The molecule has 1 N–H and O–H groups in total. The molecule has 3 heterocycles. The molecule has 0 radical (unpaired) electrons. The first-order chi connectivity index (χ1) is 10.6. The van der Waals surface area contributed by atoms with Crippen molar-refractivity contribution >= 4 is 11.6 Å². The number of halogens is 1. The molecule has 2 aromatic heterocycles. The molecule has 2 aromatic rings. The highest BCUT2D eigenvalue weighted by Crippen LogP contribution is 2.34. The summed E-state index contributed by atoms with van der Waals surface area (Å²) in [5, 5.41) is 0.703. The van der Waals surface area contributed by atoms with Gasteiger partial charge in [0.25, 0.3) is 0 Å². The maximum atomic E-state index is 6.25. The van der Waals surface area contributed by atoms with Crippen molar-refractivity contribution in [2.24, 2.45) is 0 Å². The van der Waals surface area contributed by atoms with Gasteiger partial charge >= 0.3 is 0 Å². The van der Waals surface area contributed by atoms with E-state index in [1.165, 1.54) is 0 Å². The maximum Gasteiger partial charge on any atom is 0.124 e. The summed E-state index contributed by atoms with van der Waals surface area (Å²) in [6, 6.07) is 2.19. The van der Waals surface area contributed by atoms with Crippen LogP contribution in [0.15, 0.2) is 18.5 Å². The highest BCUT2D eigenvalue weighted by atomic mass is 35.5. The van der Waals surface area contributed by atoms with Crippen molar-refractivity contribution < 1.29 is 4.74 Å². The quantitative estimate of drug-likeness (QED) is 0.940. The zero-order valence-electron chi connectivity index (χ0n) is 13.1. The lowest BCUT2D eigenvalue weighted by molar-refractivity contribution is 0.107. The fourth-order valence-corrected chi connectivity index (χ4v) is 3.15. The van der Waals surface area contributed by atoms with Crippen LogP contribution in [0.4, 0.5) is 0 Å². The summed E-state index contributed by atoms with van der Waals surface area (Å²) < 4.78 is 5.57. The molecule has 0 saturated carbocycles. The fourth-order valence-electron chi connectivity index (χ4n) is 2.98. The zero-order chi connectivity index (χ0) is 15.7. The summed E-state index contributed by atoms with van der Waals surface area (Å²) in [7, 11) is 1.77. The monoisotopic (exact) mass is 320 g/mol. The van der Waals surface area contributed by atoms with Crippen molar-refractivity contribution in [3.05, 3.63) is 46.3 Å². The molecule has 6 heteroatoms. The Morgan fingerprint density at radius 2 is 2.27 bits per heavy atom. The molecule has 1 aliphatic rings. The Labute approximate surface area is 135 Å². The topological polar surface area (TPSA) is 54.0 Å². The van der Waals surface area contributed by atoms with Gasteiger partial charge in [0.05, 0.1) is 22.9 Å². The minimum Gasteiger partial charge on any atom is -0.380 e. The van der Waals surface area contributed by atoms with E-state index in [2.05, 4.69) is 26.8 Å². The highest BCUT2D eigenvalue weighted by molar-refractivity contribution is 6.31. The molecule has 0 unspecified atom stereocenters. The van der Waals surface area contributed by atoms with Gasteiger partial charge < -0.3 is 9.72 Å². The standard InChI is InChI=1S/C16H21ClN4O/c1-10-11(2)20-16(19-10)15-6-13(22-3)9-21(15)8-12-4-5-18-7-14(12)17/h4-5,7,13,15H,6,8-9H2,1-3H3,(H,19,20)/t13-,15+/m1/s1. The number of hydrogen-bond acceptors (Lipinski definition) is 4. The number of aromatic amines is 1. The van der Waals surface area contributed by atoms with Crippen molar-refractivity contribution in [3.63, 3.8) is 0 Å².